The molecule has 2 unspecified atom stereocenters. The molecule has 0 bridgehead atoms. The first kappa shape index (κ1) is 11.9. The Labute approximate surface area is 91.2 Å². The van der Waals surface area contributed by atoms with E-state index in [4.69, 9.17) is 10.8 Å². The lowest BCUT2D eigenvalue weighted by atomic mass is 10.1. The fourth-order valence-corrected chi connectivity index (χ4v) is 1.09. The van der Waals surface area contributed by atoms with Crippen LogP contribution in [0.3, 0.4) is 0 Å². The van der Waals surface area contributed by atoms with Gasteiger partial charge in [-0.25, -0.2) is 4.98 Å². The Balaban J connectivity index is 2.75. The number of aliphatic hydroxyl groups excluding tert-OH is 2. The van der Waals surface area contributed by atoms with Crippen LogP contribution in [0, 0.1) is 11.3 Å². The predicted octanol–water partition coefficient (Wildman–Crippen LogP) is 0.658. The van der Waals surface area contributed by atoms with Gasteiger partial charge in [-0.15, -0.1) is 0 Å². The zero-order valence-corrected chi connectivity index (χ0v) is 8.22. The van der Waals surface area contributed by atoms with Gasteiger partial charge in [-0.3, -0.25) is 0 Å². The standard InChI is InChI=1S/C9H9N5O2/c10-3-7-2-1-6(4-12-7)9(16)8(15)5-13-14-11/h1-2,4,8-9,15-16H,5H2. The third-order valence-electron chi connectivity index (χ3n) is 1.94. The van der Waals surface area contributed by atoms with Gasteiger partial charge in [0.2, 0.25) is 0 Å². The topological polar surface area (TPSA) is 126 Å². The summed E-state index contributed by atoms with van der Waals surface area (Å²) in [4.78, 5) is 6.22. The smallest absolute Gasteiger partial charge is 0.140 e. The van der Waals surface area contributed by atoms with Crippen LogP contribution in [0.1, 0.15) is 17.4 Å². The van der Waals surface area contributed by atoms with Crippen molar-refractivity contribution >= 4 is 0 Å². The Bertz CT molecular complexity index is 432. The molecule has 0 spiro atoms. The fraction of sp³-hybridized carbons (Fsp3) is 0.333. The number of aliphatic hydroxyl groups is 2. The van der Waals surface area contributed by atoms with Gasteiger partial charge in [-0.05, 0) is 11.6 Å². The van der Waals surface area contributed by atoms with E-state index < -0.39 is 12.2 Å². The van der Waals surface area contributed by atoms with Crippen LogP contribution < -0.4 is 0 Å². The molecule has 7 nitrogen and oxygen atoms in total. The van der Waals surface area contributed by atoms with Crippen molar-refractivity contribution < 1.29 is 10.2 Å². The van der Waals surface area contributed by atoms with Gasteiger partial charge in [-0.1, -0.05) is 11.2 Å². The number of pyridine rings is 1. The van der Waals surface area contributed by atoms with Crippen molar-refractivity contribution in [2.45, 2.75) is 12.2 Å². The quantitative estimate of drug-likeness (QED) is 0.438. The zero-order chi connectivity index (χ0) is 12.0. The molecular weight excluding hydrogens is 210 g/mol. The third-order valence-corrected chi connectivity index (χ3v) is 1.94. The second-order valence-electron chi connectivity index (χ2n) is 3.01. The van der Waals surface area contributed by atoms with Gasteiger partial charge in [0.15, 0.2) is 0 Å². The number of nitriles is 1. The summed E-state index contributed by atoms with van der Waals surface area (Å²) in [6, 6.07) is 4.75. The summed E-state index contributed by atoms with van der Waals surface area (Å²) < 4.78 is 0. The largest absolute Gasteiger partial charge is 0.390 e. The molecule has 0 saturated carbocycles. The van der Waals surface area contributed by atoms with E-state index in [9.17, 15) is 10.2 Å². The first-order valence-corrected chi connectivity index (χ1v) is 4.42. The number of hydrogen-bond acceptors (Lipinski definition) is 5. The maximum atomic E-state index is 9.62. The molecule has 2 N–H and O–H groups in total. The van der Waals surface area contributed by atoms with Crippen LogP contribution in [0.2, 0.25) is 0 Å². The van der Waals surface area contributed by atoms with Gasteiger partial charge < -0.3 is 10.2 Å². The monoisotopic (exact) mass is 219 g/mol. The first-order valence-electron chi connectivity index (χ1n) is 4.42. The van der Waals surface area contributed by atoms with E-state index >= 15 is 0 Å². The lowest BCUT2D eigenvalue weighted by Gasteiger charge is -2.15. The molecule has 1 heterocycles. The molecule has 1 aromatic rings. The number of rotatable bonds is 4. The highest BCUT2D eigenvalue weighted by Gasteiger charge is 2.17. The van der Waals surface area contributed by atoms with E-state index in [0.29, 0.717) is 5.56 Å². The van der Waals surface area contributed by atoms with Crippen molar-refractivity contribution in [2.24, 2.45) is 5.11 Å². The molecule has 0 amide bonds. The summed E-state index contributed by atoms with van der Waals surface area (Å²) in [6.07, 6.45) is -1.08. The van der Waals surface area contributed by atoms with Crippen molar-refractivity contribution in [2.75, 3.05) is 6.54 Å². The van der Waals surface area contributed by atoms with Gasteiger partial charge in [-0.2, -0.15) is 5.26 Å². The van der Waals surface area contributed by atoms with Crippen LogP contribution in [-0.2, 0) is 0 Å². The van der Waals surface area contributed by atoms with Crippen molar-refractivity contribution in [1.29, 1.82) is 5.26 Å². The minimum Gasteiger partial charge on any atom is -0.390 e. The number of aromatic nitrogens is 1. The summed E-state index contributed by atoms with van der Waals surface area (Å²) in [5.41, 5.74) is 8.64. The Hall–Kier alpha value is -2.13. The van der Waals surface area contributed by atoms with Crippen molar-refractivity contribution in [1.82, 2.24) is 4.98 Å². The molecule has 0 saturated heterocycles. The highest BCUT2D eigenvalue weighted by atomic mass is 16.3. The minimum atomic E-state index is -1.19. The lowest BCUT2D eigenvalue weighted by molar-refractivity contribution is 0.0242. The minimum absolute atomic E-state index is 0.223. The van der Waals surface area contributed by atoms with E-state index in [0.717, 1.165) is 0 Å². The molecule has 82 valence electrons. The summed E-state index contributed by atoms with van der Waals surface area (Å²) in [6.45, 7) is -0.225. The summed E-state index contributed by atoms with van der Waals surface area (Å²) in [7, 11) is 0. The molecule has 7 heteroatoms. The second-order valence-corrected chi connectivity index (χ2v) is 3.01. The number of nitrogens with zero attached hydrogens (tertiary/aromatic N) is 5. The molecule has 0 aromatic carbocycles. The van der Waals surface area contributed by atoms with E-state index in [1.165, 1.54) is 18.3 Å². The van der Waals surface area contributed by atoms with Gasteiger partial charge >= 0.3 is 0 Å². The number of azide groups is 1. The highest BCUT2D eigenvalue weighted by molar-refractivity contribution is 5.24. The molecule has 0 aliphatic rings. The molecule has 0 aliphatic carbocycles. The number of hydrogen-bond donors (Lipinski definition) is 2. The lowest BCUT2D eigenvalue weighted by Crippen LogP contribution is -2.21. The van der Waals surface area contributed by atoms with E-state index in [1.54, 1.807) is 0 Å². The first-order chi connectivity index (χ1) is 7.69. The van der Waals surface area contributed by atoms with Crippen molar-refractivity contribution in [3.63, 3.8) is 0 Å². The van der Waals surface area contributed by atoms with E-state index in [1.807, 2.05) is 6.07 Å². The Morgan fingerprint density at radius 2 is 2.31 bits per heavy atom. The molecule has 2 atom stereocenters. The van der Waals surface area contributed by atoms with E-state index in [-0.39, 0.29) is 12.2 Å². The summed E-state index contributed by atoms with van der Waals surface area (Å²) in [5, 5.41) is 30.7. The second kappa shape index (κ2) is 5.68. The molecule has 1 rings (SSSR count). The Morgan fingerprint density at radius 1 is 1.56 bits per heavy atom. The Morgan fingerprint density at radius 3 is 2.81 bits per heavy atom. The molecule has 1 aromatic heterocycles. The van der Waals surface area contributed by atoms with Crippen molar-refractivity contribution in [3.8, 4) is 6.07 Å². The van der Waals surface area contributed by atoms with Crippen LogP contribution in [0.15, 0.2) is 23.4 Å². The molecule has 0 fully saturated rings. The highest BCUT2D eigenvalue weighted by Crippen LogP contribution is 2.16. The summed E-state index contributed by atoms with van der Waals surface area (Å²) >= 11 is 0. The average molecular weight is 219 g/mol. The molecule has 0 radical (unpaired) electrons. The Kier molecular flexibility index (Phi) is 4.24. The van der Waals surface area contributed by atoms with E-state index in [2.05, 4.69) is 15.0 Å². The SMILES string of the molecule is N#Cc1ccc(C(O)C(O)CN=[N+]=[N-])cn1. The van der Waals surface area contributed by atoms with Crippen LogP contribution >= 0.6 is 0 Å². The van der Waals surface area contributed by atoms with Gasteiger partial charge in [0, 0.05) is 16.7 Å². The molecule has 0 aliphatic heterocycles. The molecular formula is C9H9N5O2. The normalized spacial score (nSPS) is 13.3. The van der Waals surface area contributed by atoms with Crippen LogP contribution in [0.5, 0.6) is 0 Å². The van der Waals surface area contributed by atoms with Gasteiger partial charge in [0.05, 0.1) is 12.6 Å². The van der Waals surface area contributed by atoms with Crippen molar-refractivity contribution in [3.05, 3.63) is 40.0 Å². The maximum absolute atomic E-state index is 9.62. The fourth-order valence-electron chi connectivity index (χ4n) is 1.09. The maximum Gasteiger partial charge on any atom is 0.140 e. The van der Waals surface area contributed by atoms with Crippen LogP contribution in [0.4, 0.5) is 0 Å². The average Bonchev–Trinajstić information content (AvgIpc) is 2.35. The van der Waals surface area contributed by atoms with Gasteiger partial charge in [0.25, 0.3) is 0 Å². The van der Waals surface area contributed by atoms with Crippen LogP contribution in [-0.4, -0.2) is 27.8 Å². The molecule has 16 heavy (non-hydrogen) atoms. The zero-order valence-electron chi connectivity index (χ0n) is 8.22. The summed E-state index contributed by atoms with van der Waals surface area (Å²) in [5.74, 6) is 0. The third kappa shape index (κ3) is 2.93. The van der Waals surface area contributed by atoms with Gasteiger partial charge in [0.1, 0.15) is 17.9 Å². The van der Waals surface area contributed by atoms with Crippen LogP contribution in [0.25, 0.3) is 10.4 Å². The predicted molar refractivity (Wildman–Crippen MR) is 53.9 cm³/mol.